The number of hydrogen-bond donors (Lipinski definition) is 0. The van der Waals surface area contributed by atoms with Crippen LogP contribution in [0, 0.1) is 0 Å². The van der Waals surface area contributed by atoms with Crippen LogP contribution in [0.4, 0.5) is 0 Å². The lowest BCUT2D eigenvalue weighted by Crippen LogP contribution is -2.01. The number of fused-ring (bicyclic) bond motifs is 1. The summed E-state index contributed by atoms with van der Waals surface area (Å²) in [5.74, 6) is 0.375. The number of ether oxygens (including phenoxy) is 2. The Morgan fingerprint density at radius 1 is 1.09 bits per heavy atom. The summed E-state index contributed by atoms with van der Waals surface area (Å²) < 4.78 is 12.2. The first kappa shape index (κ1) is 14.2. The molecule has 0 aliphatic heterocycles. The minimum absolute atomic E-state index is 0.343. The van der Waals surface area contributed by atoms with Crippen molar-refractivity contribution < 1.29 is 14.3 Å². The highest BCUT2D eigenvalue weighted by Crippen LogP contribution is 2.27. The number of aromatic nitrogens is 1. The van der Waals surface area contributed by atoms with Crippen molar-refractivity contribution >= 4 is 16.9 Å². The zero-order valence-corrected chi connectivity index (χ0v) is 12.6. The summed E-state index contributed by atoms with van der Waals surface area (Å²) in [5, 5.41) is 0.835. The molecule has 0 saturated heterocycles. The second-order valence-electron chi connectivity index (χ2n) is 5.03. The van der Waals surface area contributed by atoms with Gasteiger partial charge in [-0.05, 0) is 23.8 Å². The van der Waals surface area contributed by atoms with Crippen LogP contribution in [-0.2, 0) is 11.3 Å². The van der Waals surface area contributed by atoms with Crippen LogP contribution in [0.2, 0.25) is 0 Å². The largest absolute Gasteiger partial charge is 0.497 e. The molecule has 0 fully saturated rings. The molecule has 0 unspecified atom stereocenters. The van der Waals surface area contributed by atoms with Gasteiger partial charge >= 0.3 is 5.97 Å². The fourth-order valence-corrected chi connectivity index (χ4v) is 2.59. The van der Waals surface area contributed by atoms with E-state index in [-0.39, 0.29) is 5.97 Å². The van der Waals surface area contributed by atoms with Gasteiger partial charge in [-0.15, -0.1) is 0 Å². The van der Waals surface area contributed by atoms with Crippen LogP contribution in [0.25, 0.3) is 10.9 Å². The highest BCUT2D eigenvalue weighted by Gasteiger charge is 2.16. The van der Waals surface area contributed by atoms with Crippen molar-refractivity contribution in [3.05, 3.63) is 65.9 Å². The van der Waals surface area contributed by atoms with Crippen LogP contribution < -0.4 is 4.74 Å². The Kier molecular flexibility index (Phi) is 3.83. The predicted molar refractivity (Wildman–Crippen MR) is 85.4 cm³/mol. The van der Waals surface area contributed by atoms with E-state index < -0.39 is 0 Å². The molecule has 4 nitrogen and oxygen atoms in total. The van der Waals surface area contributed by atoms with Gasteiger partial charge < -0.3 is 14.0 Å². The lowest BCUT2D eigenvalue weighted by molar-refractivity contribution is 0.0602. The quantitative estimate of drug-likeness (QED) is 0.692. The normalized spacial score (nSPS) is 10.6. The van der Waals surface area contributed by atoms with Crippen molar-refractivity contribution in [1.29, 1.82) is 0 Å². The van der Waals surface area contributed by atoms with Crippen molar-refractivity contribution in [3.8, 4) is 5.75 Å². The Morgan fingerprint density at radius 3 is 2.55 bits per heavy atom. The molecule has 0 spiro atoms. The van der Waals surface area contributed by atoms with E-state index in [2.05, 4.69) is 16.7 Å². The molecule has 0 radical (unpaired) electrons. The van der Waals surface area contributed by atoms with Crippen molar-refractivity contribution in [3.63, 3.8) is 0 Å². The highest BCUT2D eigenvalue weighted by atomic mass is 16.5. The third kappa shape index (κ3) is 2.55. The Morgan fingerprint density at radius 2 is 1.86 bits per heavy atom. The lowest BCUT2D eigenvalue weighted by Gasteiger charge is -2.06. The van der Waals surface area contributed by atoms with Crippen LogP contribution in [0.5, 0.6) is 5.75 Å². The number of esters is 1. The van der Waals surface area contributed by atoms with Crippen molar-refractivity contribution in [2.75, 3.05) is 14.2 Å². The van der Waals surface area contributed by atoms with Gasteiger partial charge in [0.05, 0.1) is 19.8 Å². The minimum atomic E-state index is -0.343. The van der Waals surface area contributed by atoms with E-state index in [1.165, 1.54) is 12.7 Å². The maximum absolute atomic E-state index is 12.0. The number of hydrogen-bond acceptors (Lipinski definition) is 3. The molecular weight excluding hydrogens is 278 g/mol. The molecule has 0 atom stereocenters. The number of methoxy groups -OCH3 is 2. The van der Waals surface area contributed by atoms with Crippen LogP contribution in [0.3, 0.4) is 0 Å². The zero-order chi connectivity index (χ0) is 15.5. The molecule has 0 aliphatic carbocycles. The summed E-state index contributed by atoms with van der Waals surface area (Å²) in [6.45, 7) is 0.695. The van der Waals surface area contributed by atoms with Crippen molar-refractivity contribution in [2.45, 2.75) is 6.54 Å². The van der Waals surface area contributed by atoms with E-state index >= 15 is 0 Å². The summed E-state index contributed by atoms with van der Waals surface area (Å²) in [7, 11) is 3.00. The highest BCUT2D eigenvalue weighted by molar-refractivity contribution is 6.04. The molecule has 3 aromatic rings. The van der Waals surface area contributed by atoms with Gasteiger partial charge in [-0.3, -0.25) is 0 Å². The van der Waals surface area contributed by atoms with Crippen LogP contribution in [0.15, 0.2) is 54.7 Å². The topological polar surface area (TPSA) is 40.5 Å². The Labute approximate surface area is 128 Å². The zero-order valence-electron chi connectivity index (χ0n) is 12.6. The summed E-state index contributed by atoms with van der Waals surface area (Å²) in [6, 6.07) is 15.8. The molecule has 4 heteroatoms. The fraction of sp³-hybridized carbons (Fsp3) is 0.167. The van der Waals surface area contributed by atoms with Gasteiger partial charge in [-0.25, -0.2) is 4.79 Å². The third-order valence-electron chi connectivity index (χ3n) is 3.69. The van der Waals surface area contributed by atoms with Gasteiger partial charge in [0, 0.05) is 23.6 Å². The molecule has 0 amide bonds. The van der Waals surface area contributed by atoms with Crippen LogP contribution in [-0.4, -0.2) is 24.8 Å². The maximum Gasteiger partial charge on any atom is 0.340 e. The lowest BCUT2D eigenvalue weighted by atomic mass is 10.1. The molecule has 112 valence electrons. The summed E-state index contributed by atoms with van der Waals surface area (Å²) in [5.41, 5.74) is 2.70. The first-order valence-corrected chi connectivity index (χ1v) is 7.02. The number of carbonyl (C=O) groups excluding carboxylic acids is 1. The van der Waals surface area contributed by atoms with Gasteiger partial charge in [0.25, 0.3) is 0 Å². The second-order valence-corrected chi connectivity index (χ2v) is 5.03. The molecular formula is C18H17NO3. The van der Waals surface area contributed by atoms with Crippen molar-refractivity contribution in [1.82, 2.24) is 4.57 Å². The smallest absolute Gasteiger partial charge is 0.340 e. The molecule has 2 aromatic carbocycles. The van der Waals surface area contributed by atoms with Gasteiger partial charge in [-0.2, -0.15) is 0 Å². The monoisotopic (exact) mass is 295 g/mol. The van der Waals surface area contributed by atoms with Gasteiger partial charge in [-0.1, -0.05) is 30.3 Å². The SMILES string of the molecule is COC(=O)c1cn(Cc2ccccc2)c2ccc(OC)cc12. The van der Waals surface area contributed by atoms with E-state index in [0.717, 1.165) is 16.7 Å². The van der Waals surface area contributed by atoms with Crippen LogP contribution in [0.1, 0.15) is 15.9 Å². The Hall–Kier alpha value is -2.75. The predicted octanol–water partition coefficient (Wildman–Crippen LogP) is 3.48. The average molecular weight is 295 g/mol. The average Bonchev–Trinajstić information content (AvgIpc) is 2.93. The molecule has 1 heterocycles. The summed E-state index contributed by atoms with van der Waals surface area (Å²) >= 11 is 0. The number of rotatable bonds is 4. The molecule has 0 bridgehead atoms. The molecule has 22 heavy (non-hydrogen) atoms. The van der Waals surface area contributed by atoms with Gasteiger partial charge in [0.1, 0.15) is 5.75 Å². The van der Waals surface area contributed by atoms with E-state index in [0.29, 0.717) is 12.1 Å². The molecule has 3 rings (SSSR count). The van der Waals surface area contributed by atoms with E-state index in [1.807, 2.05) is 42.6 Å². The molecule has 0 saturated carbocycles. The maximum atomic E-state index is 12.0. The Bertz CT molecular complexity index is 806. The third-order valence-corrected chi connectivity index (χ3v) is 3.69. The number of nitrogens with zero attached hydrogens (tertiary/aromatic N) is 1. The first-order chi connectivity index (χ1) is 10.7. The van der Waals surface area contributed by atoms with Gasteiger partial charge in [0.15, 0.2) is 0 Å². The number of benzene rings is 2. The summed E-state index contributed by atoms with van der Waals surface area (Å²) in [6.07, 6.45) is 1.84. The molecule has 0 N–H and O–H groups in total. The van der Waals surface area contributed by atoms with Crippen molar-refractivity contribution in [2.24, 2.45) is 0 Å². The fourth-order valence-electron chi connectivity index (χ4n) is 2.59. The first-order valence-electron chi connectivity index (χ1n) is 7.02. The van der Waals surface area contributed by atoms with E-state index in [9.17, 15) is 4.79 Å². The summed E-state index contributed by atoms with van der Waals surface area (Å²) in [4.78, 5) is 12.0. The second kappa shape index (κ2) is 5.93. The van der Waals surface area contributed by atoms with Gasteiger partial charge in [0.2, 0.25) is 0 Å². The van der Waals surface area contributed by atoms with Crippen LogP contribution >= 0.6 is 0 Å². The Balaban J connectivity index is 2.12. The number of carbonyl (C=O) groups is 1. The molecule has 1 aromatic heterocycles. The standard InChI is InChI=1S/C18H17NO3/c1-21-14-8-9-17-15(10-14)16(18(20)22-2)12-19(17)11-13-6-4-3-5-7-13/h3-10,12H,11H2,1-2H3. The van der Waals surface area contributed by atoms with E-state index in [1.54, 1.807) is 7.11 Å². The van der Waals surface area contributed by atoms with E-state index in [4.69, 9.17) is 9.47 Å². The molecule has 0 aliphatic rings. The minimum Gasteiger partial charge on any atom is -0.497 e.